The highest BCUT2D eigenvalue weighted by atomic mass is 35.5. The minimum absolute atomic E-state index is 0.0545. The molecular weight excluding hydrogens is 340 g/mol. The van der Waals surface area contributed by atoms with Crippen LogP contribution in [0.4, 0.5) is 5.69 Å². The molecule has 0 heterocycles. The number of carbonyl (C=O) groups excluding carboxylic acids is 2. The molecule has 2 aromatic carbocycles. The SMILES string of the molecule is Cc1cc(Cl)ccc1OC(C)C(=O)N(C)CC(=O)Nc1ccccc1. The number of para-hydroxylation sites is 1. The van der Waals surface area contributed by atoms with Crippen LogP contribution in [-0.2, 0) is 9.59 Å². The third kappa shape index (κ3) is 5.50. The van der Waals surface area contributed by atoms with Crippen molar-refractivity contribution >= 4 is 29.1 Å². The van der Waals surface area contributed by atoms with E-state index in [1.165, 1.54) is 4.90 Å². The Hall–Kier alpha value is -2.53. The first-order valence-electron chi connectivity index (χ1n) is 7.89. The molecule has 0 spiro atoms. The van der Waals surface area contributed by atoms with E-state index in [0.717, 1.165) is 5.56 Å². The molecule has 0 saturated heterocycles. The van der Waals surface area contributed by atoms with Gasteiger partial charge < -0.3 is 15.0 Å². The first kappa shape index (κ1) is 18.8. The molecule has 2 rings (SSSR count). The van der Waals surface area contributed by atoms with Crippen LogP contribution in [0.1, 0.15) is 12.5 Å². The van der Waals surface area contributed by atoms with E-state index in [1.54, 1.807) is 44.3 Å². The highest BCUT2D eigenvalue weighted by molar-refractivity contribution is 6.30. The molecule has 2 amide bonds. The molecule has 5 nitrogen and oxygen atoms in total. The van der Waals surface area contributed by atoms with Gasteiger partial charge in [-0.1, -0.05) is 29.8 Å². The van der Waals surface area contributed by atoms with E-state index in [0.29, 0.717) is 16.5 Å². The van der Waals surface area contributed by atoms with Crippen molar-refractivity contribution in [2.75, 3.05) is 18.9 Å². The summed E-state index contributed by atoms with van der Waals surface area (Å²) < 4.78 is 5.70. The van der Waals surface area contributed by atoms with Crippen molar-refractivity contribution in [2.45, 2.75) is 20.0 Å². The quantitative estimate of drug-likeness (QED) is 0.857. The van der Waals surface area contributed by atoms with Crippen LogP contribution in [0.3, 0.4) is 0 Å². The van der Waals surface area contributed by atoms with Crippen LogP contribution in [0.5, 0.6) is 5.75 Å². The summed E-state index contributed by atoms with van der Waals surface area (Å²) in [6, 6.07) is 14.3. The molecule has 1 N–H and O–H groups in total. The summed E-state index contributed by atoms with van der Waals surface area (Å²) in [6.45, 7) is 3.46. The Labute approximate surface area is 152 Å². The number of rotatable bonds is 6. The second-order valence-electron chi connectivity index (χ2n) is 5.78. The Morgan fingerprint density at radius 1 is 1.20 bits per heavy atom. The number of amides is 2. The number of likely N-dealkylation sites (N-methyl/N-ethyl adjacent to an activating group) is 1. The molecule has 1 atom stereocenters. The van der Waals surface area contributed by atoms with Crippen molar-refractivity contribution < 1.29 is 14.3 Å². The molecule has 0 fully saturated rings. The average Bonchev–Trinajstić information content (AvgIpc) is 2.57. The lowest BCUT2D eigenvalue weighted by Crippen LogP contribution is -2.42. The van der Waals surface area contributed by atoms with Crippen LogP contribution in [0, 0.1) is 6.92 Å². The van der Waals surface area contributed by atoms with Gasteiger partial charge in [-0.3, -0.25) is 9.59 Å². The van der Waals surface area contributed by atoms with Crippen molar-refractivity contribution in [3.05, 3.63) is 59.1 Å². The largest absolute Gasteiger partial charge is 0.481 e. The second kappa shape index (κ2) is 8.53. The minimum atomic E-state index is -0.714. The number of benzene rings is 2. The molecule has 6 heteroatoms. The molecule has 132 valence electrons. The Morgan fingerprint density at radius 2 is 1.88 bits per heavy atom. The van der Waals surface area contributed by atoms with E-state index in [4.69, 9.17) is 16.3 Å². The van der Waals surface area contributed by atoms with Crippen molar-refractivity contribution in [1.82, 2.24) is 4.90 Å². The number of hydrogen-bond donors (Lipinski definition) is 1. The average molecular weight is 361 g/mol. The van der Waals surface area contributed by atoms with Gasteiger partial charge in [-0.15, -0.1) is 0 Å². The highest BCUT2D eigenvalue weighted by Gasteiger charge is 2.21. The van der Waals surface area contributed by atoms with Crippen LogP contribution < -0.4 is 10.1 Å². The van der Waals surface area contributed by atoms with E-state index in [9.17, 15) is 9.59 Å². The van der Waals surface area contributed by atoms with Gasteiger partial charge in [0.05, 0.1) is 6.54 Å². The van der Waals surface area contributed by atoms with Crippen molar-refractivity contribution in [2.24, 2.45) is 0 Å². The normalized spacial score (nSPS) is 11.5. The third-order valence-corrected chi connectivity index (χ3v) is 3.84. The summed E-state index contributed by atoms with van der Waals surface area (Å²) in [4.78, 5) is 25.8. The predicted octanol–water partition coefficient (Wildman–Crippen LogP) is 3.51. The Morgan fingerprint density at radius 3 is 2.52 bits per heavy atom. The predicted molar refractivity (Wildman–Crippen MR) is 99.0 cm³/mol. The fraction of sp³-hybridized carbons (Fsp3) is 0.263. The number of hydrogen-bond acceptors (Lipinski definition) is 3. The van der Waals surface area contributed by atoms with Gasteiger partial charge in [-0.05, 0) is 49.7 Å². The summed E-state index contributed by atoms with van der Waals surface area (Å²) in [5.74, 6) is 0.0434. The zero-order valence-electron chi connectivity index (χ0n) is 14.5. The highest BCUT2D eigenvalue weighted by Crippen LogP contribution is 2.23. The molecule has 0 aromatic heterocycles. The summed E-state index contributed by atoms with van der Waals surface area (Å²) in [7, 11) is 1.57. The number of anilines is 1. The van der Waals surface area contributed by atoms with Gasteiger partial charge in [0.2, 0.25) is 5.91 Å². The molecule has 25 heavy (non-hydrogen) atoms. The maximum atomic E-state index is 12.4. The summed E-state index contributed by atoms with van der Waals surface area (Å²) >= 11 is 5.92. The van der Waals surface area contributed by atoms with Crippen LogP contribution in [-0.4, -0.2) is 36.4 Å². The van der Waals surface area contributed by atoms with Crippen molar-refractivity contribution in [3.63, 3.8) is 0 Å². The fourth-order valence-corrected chi connectivity index (χ4v) is 2.54. The third-order valence-electron chi connectivity index (χ3n) is 3.60. The molecule has 0 aliphatic heterocycles. The van der Waals surface area contributed by atoms with Crippen molar-refractivity contribution in [1.29, 1.82) is 0 Å². The van der Waals surface area contributed by atoms with E-state index < -0.39 is 6.10 Å². The molecule has 2 aromatic rings. The lowest BCUT2D eigenvalue weighted by atomic mass is 10.2. The lowest BCUT2D eigenvalue weighted by Gasteiger charge is -2.22. The maximum Gasteiger partial charge on any atom is 0.263 e. The number of ether oxygens (including phenoxy) is 1. The Bertz CT molecular complexity index is 750. The summed E-state index contributed by atoms with van der Waals surface area (Å²) in [5.41, 5.74) is 1.53. The van der Waals surface area contributed by atoms with Gasteiger partial charge >= 0.3 is 0 Å². The number of nitrogens with one attached hydrogen (secondary N) is 1. The maximum absolute atomic E-state index is 12.4. The molecule has 0 aliphatic carbocycles. The topological polar surface area (TPSA) is 58.6 Å². The Kier molecular flexibility index (Phi) is 6.42. The molecule has 0 bridgehead atoms. The van der Waals surface area contributed by atoms with Crippen LogP contribution in [0.2, 0.25) is 5.02 Å². The number of aryl methyl sites for hydroxylation is 1. The first-order valence-corrected chi connectivity index (χ1v) is 8.27. The molecule has 1 unspecified atom stereocenters. The van der Waals surface area contributed by atoms with Gasteiger partial charge in [0, 0.05) is 17.8 Å². The van der Waals surface area contributed by atoms with Crippen LogP contribution in [0.15, 0.2) is 48.5 Å². The number of halogens is 1. The van der Waals surface area contributed by atoms with Gasteiger partial charge in [0.1, 0.15) is 5.75 Å². The van der Waals surface area contributed by atoms with E-state index in [1.807, 2.05) is 25.1 Å². The number of nitrogens with zero attached hydrogens (tertiary/aromatic N) is 1. The van der Waals surface area contributed by atoms with Crippen LogP contribution in [0.25, 0.3) is 0 Å². The van der Waals surface area contributed by atoms with Crippen molar-refractivity contribution in [3.8, 4) is 5.75 Å². The van der Waals surface area contributed by atoms with E-state index >= 15 is 0 Å². The molecule has 0 aliphatic rings. The molecular formula is C19H21ClN2O3. The first-order chi connectivity index (χ1) is 11.9. The zero-order chi connectivity index (χ0) is 18.4. The van der Waals surface area contributed by atoms with E-state index in [-0.39, 0.29) is 18.4 Å². The van der Waals surface area contributed by atoms with Gasteiger partial charge in [0.15, 0.2) is 6.10 Å². The summed E-state index contributed by atoms with van der Waals surface area (Å²) in [6.07, 6.45) is -0.714. The van der Waals surface area contributed by atoms with E-state index in [2.05, 4.69) is 5.32 Å². The summed E-state index contributed by atoms with van der Waals surface area (Å²) in [5, 5.41) is 3.35. The minimum Gasteiger partial charge on any atom is -0.481 e. The van der Waals surface area contributed by atoms with Gasteiger partial charge in [-0.25, -0.2) is 0 Å². The lowest BCUT2D eigenvalue weighted by molar-refractivity contribution is -0.139. The molecule has 0 saturated carbocycles. The van der Waals surface area contributed by atoms with Crippen LogP contribution >= 0.6 is 11.6 Å². The number of carbonyl (C=O) groups is 2. The monoisotopic (exact) mass is 360 g/mol. The van der Waals surface area contributed by atoms with Gasteiger partial charge in [-0.2, -0.15) is 0 Å². The zero-order valence-corrected chi connectivity index (χ0v) is 15.2. The smallest absolute Gasteiger partial charge is 0.263 e. The fourth-order valence-electron chi connectivity index (χ4n) is 2.31. The standard InChI is InChI=1S/C19H21ClN2O3/c1-13-11-15(20)9-10-17(13)25-14(2)19(24)22(3)12-18(23)21-16-7-5-4-6-8-16/h4-11,14H,12H2,1-3H3,(H,21,23). The van der Waals surface area contributed by atoms with Gasteiger partial charge in [0.25, 0.3) is 5.91 Å². The molecule has 0 radical (unpaired) electrons. The Balaban J connectivity index is 1.91. The second-order valence-corrected chi connectivity index (χ2v) is 6.21.